The molecule has 1 aliphatic carbocycles. The molecule has 0 atom stereocenters. The first-order chi connectivity index (χ1) is 13.0. The van der Waals surface area contributed by atoms with Crippen molar-refractivity contribution in [3.63, 3.8) is 0 Å². The molecule has 8 heteroatoms. The summed E-state index contributed by atoms with van der Waals surface area (Å²) in [5, 5.41) is 0. The number of carbonyl (C=O) groups excluding carboxylic acids is 2. The molecule has 1 amide bonds. The lowest BCUT2D eigenvalue weighted by atomic mass is 9.86. The molecule has 0 radical (unpaired) electrons. The summed E-state index contributed by atoms with van der Waals surface area (Å²) in [7, 11) is 2.50. The molecule has 1 aromatic heterocycles. The van der Waals surface area contributed by atoms with Gasteiger partial charge < -0.3 is 14.4 Å². The van der Waals surface area contributed by atoms with Gasteiger partial charge in [-0.1, -0.05) is 0 Å². The second-order valence-corrected chi connectivity index (χ2v) is 6.62. The average Bonchev–Trinajstić information content (AvgIpc) is 3.47. The van der Waals surface area contributed by atoms with Crippen LogP contribution < -0.4 is 14.4 Å². The summed E-state index contributed by atoms with van der Waals surface area (Å²) in [6.07, 6.45) is 3.18. The van der Waals surface area contributed by atoms with Crippen LogP contribution in [0, 0.1) is 11.6 Å². The van der Waals surface area contributed by atoms with Crippen molar-refractivity contribution in [1.82, 2.24) is 4.98 Å². The largest absolute Gasteiger partial charge is 0.493 e. The number of methoxy groups -OCH3 is 2. The zero-order chi connectivity index (χ0) is 19.3. The van der Waals surface area contributed by atoms with E-state index < -0.39 is 28.6 Å². The molecule has 2 aliphatic rings. The van der Waals surface area contributed by atoms with Crippen LogP contribution >= 0.6 is 0 Å². The van der Waals surface area contributed by atoms with Crippen LogP contribution in [0.2, 0.25) is 0 Å². The van der Waals surface area contributed by atoms with Crippen molar-refractivity contribution >= 4 is 17.9 Å². The van der Waals surface area contributed by atoms with E-state index in [1.54, 1.807) is 6.07 Å². The van der Waals surface area contributed by atoms with E-state index in [1.807, 2.05) is 0 Å². The lowest BCUT2D eigenvalue weighted by molar-refractivity contribution is -0.121. The summed E-state index contributed by atoms with van der Waals surface area (Å²) in [5.74, 6) is -2.80. The predicted molar refractivity (Wildman–Crippen MR) is 91.2 cm³/mol. The number of aromatic nitrogens is 1. The van der Waals surface area contributed by atoms with Crippen LogP contribution in [0.25, 0.3) is 0 Å². The number of hydrogen-bond acceptors (Lipinski definition) is 5. The van der Waals surface area contributed by atoms with Crippen LogP contribution in [0.1, 0.15) is 34.5 Å². The number of aldehydes is 1. The number of nitrogens with zero attached hydrogens (tertiary/aromatic N) is 2. The molecule has 1 fully saturated rings. The normalized spacial score (nSPS) is 16.9. The highest BCUT2D eigenvalue weighted by molar-refractivity contribution is 6.05. The third-order valence-electron chi connectivity index (χ3n) is 5.20. The Kier molecular flexibility index (Phi) is 3.87. The lowest BCUT2D eigenvalue weighted by Gasteiger charge is -2.35. The first-order valence-corrected chi connectivity index (χ1v) is 8.33. The standard InChI is InChI=1S/C19H16F2N2O4/c1-26-13-6-14(27-2)16(21)17(15(13)20)23-8-10-7-22-11(9-24)5-12(10)19(3-4-19)18(23)25/h5-7,9H,3-4,8H2,1-2H3. The minimum absolute atomic E-state index is 0.0633. The van der Waals surface area contributed by atoms with Gasteiger partial charge in [-0.05, 0) is 30.0 Å². The van der Waals surface area contributed by atoms with E-state index in [2.05, 4.69) is 4.98 Å². The van der Waals surface area contributed by atoms with Crippen molar-refractivity contribution in [2.45, 2.75) is 24.8 Å². The molecule has 140 valence electrons. The Bertz CT molecular complexity index is 944. The first kappa shape index (κ1) is 17.4. The van der Waals surface area contributed by atoms with E-state index in [1.165, 1.54) is 20.4 Å². The van der Waals surface area contributed by atoms with E-state index in [9.17, 15) is 18.4 Å². The smallest absolute Gasteiger partial charge is 0.238 e. The summed E-state index contributed by atoms with van der Waals surface area (Å²) in [6.45, 7) is -0.0633. The van der Waals surface area contributed by atoms with E-state index in [-0.39, 0.29) is 23.7 Å². The van der Waals surface area contributed by atoms with Gasteiger partial charge in [0.2, 0.25) is 5.91 Å². The second-order valence-electron chi connectivity index (χ2n) is 6.62. The first-order valence-electron chi connectivity index (χ1n) is 8.33. The number of hydrogen-bond donors (Lipinski definition) is 0. The number of pyridine rings is 1. The highest BCUT2D eigenvalue weighted by Gasteiger charge is 2.57. The van der Waals surface area contributed by atoms with Gasteiger partial charge in [0, 0.05) is 12.3 Å². The molecule has 4 rings (SSSR count). The van der Waals surface area contributed by atoms with Crippen molar-refractivity contribution in [3.8, 4) is 11.5 Å². The van der Waals surface area contributed by atoms with Crippen LogP contribution in [0.3, 0.4) is 0 Å². The Labute approximate surface area is 153 Å². The molecule has 0 bridgehead atoms. The van der Waals surface area contributed by atoms with E-state index in [4.69, 9.17) is 9.47 Å². The minimum Gasteiger partial charge on any atom is -0.493 e. The van der Waals surface area contributed by atoms with Crippen molar-refractivity contribution < 1.29 is 27.8 Å². The van der Waals surface area contributed by atoms with Crippen LogP contribution in [0.5, 0.6) is 11.5 Å². The molecule has 0 N–H and O–H groups in total. The van der Waals surface area contributed by atoms with Gasteiger partial charge in [-0.3, -0.25) is 14.6 Å². The monoisotopic (exact) mass is 374 g/mol. The molecule has 6 nitrogen and oxygen atoms in total. The topological polar surface area (TPSA) is 68.7 Å². The molecule has 0 unspecified atom stereocenters. The Hall–Kier alpha value is -3.03. The van der Waals surface area contributed by atoms with Gasteiger partial charge >= 0.3 is 0 Å². The van der Waals surface area contributed by atoms with Crippen molar-refractivity contribution in [2.75, 3.05) is 19.1 Å². The number of halogens is 2. The quantitative estimate of drug-likeness (QED) is 0.770. The summed E-state index contributed by atoms with van der Waals surface area (Å²) in [6, 6.07) is 2.69. The average molecular weight is 374 g/mol. The Morgan fingerprint density at radius 2 is 1.78 bits per heavy atom. The van der Waals surface area contributed by atoms with Crippen molar-refractivity contribution in [3.05, 3.63) is 46.8 Å². The Morgan fingerprint density at radius 3 is 2.30 bits per heavy atom. The van der Waals surface area contributed by atoms with Crippen LogP contribution in [0.15, 0.2) is 18.3 Å². The molecule has 1 aliphatic heterocycles. The third kappa shape index (κ3) is 2.39. The summed E-state index contributed by atoms with van der Waals surface area (Å²) in [4.78, 5) is 29.3. The Balaban J connectivity index is 1.89. The summed E-state index contributed by atoms with van der Waals surface area (Å²) >= 11 is 0. The van der Waals surface area contributed by atoms with Crippen LogP contribution in [0.4, 0.5) is 14.5 Å². The van der Waals surface area contributed by atoms with Crippen molar-refractivity contribution in [2.24, 2.45) is 0 Å². The molecular weight excluding hydrogens is 358 g/mol. The summed E-state index contributed by atoms with van der Waals surface area (Å²) < 4.78 is 39.7. The number of amides is 1. The minimum atomic E-state index is -0.971. The highest BCUT2D eigenvalue weighted by Crippen LogP contribution is 2.54. The number of carbonyl (C=O) groups is 2. The molecule has 2 heterocycles. The van der Waals surface area contributed by atoms with E-state index in [0.29, 0.717) is 30.3 Å². The number of rotatable bonds is 4. The fraction of sp³-hybridized carbons (Fsp3) is 0.316. The van der Waals surface area contributed by atoms with Gasteiger partial charge in [-0.2, -0.15) is 0 Å². The third-order valence-corrected chi connectivity index (χ3v) is 5.20. The lowest BCUT2D eigenvalue weighted by Crippen LogP contribution is -2.45. The fourth-order valence-electron chi connectivity index (χ4n) is 3.65. The maximum Gasteiger partial charge on any atom is 0.238 e. The Morgan fingerprint density at radius 1 is 1.15 bits per heavy atom. The SMILES string of the molecule is COc1cc(OC)c(F)c(N2Cc3cnc(C=O)cc3C3(CC3)C2=O)c1F. The molecule has 0 saturated heterocycles. The summed E-state index contributed by atoms with van der Waals surface area (Å²) in [5.41, 5.74) is 0.202. The maximum absolute atomic E-state index is 14.9. The van der Waals surface area contributed by atoms with Gasteiger partial charge in [0.25, 0.3) is 0 Å². The molecular formula is C19H16F2N2O4. The number of benzene rings is 1. The predicted octanol–water partition coefficient (Wildman–Crippen LogP) is 2.77. The second kappa shape index (κ2) is 6.00. The van der Waals surface area contributed by atoms with Crippen LogP contribution in [-0.4, -0.2) is 31.4 Å². The molecule has 2 aromatic rings. The van der Waals surface area contributed by atoms with Crippen molar-refractivity contribution in [1.29, 1.82) is 0 Å². The number of ether oxygens (including phenoxy) is 2. The van der Waals surface area contributed by atoms with E-state index in [0.717, 1.165) is 11.0 Å². The fourth-order valence-corrected chi connectivity index (χ4v) is 3.65. The molecule has 1 saturated carbocycles. The van der Waals surface area contributed by atoms with Gasteiger partial charge in [-0.25, -0.2) is 8.78 Å². The van der Waals surface area contributed by atoms with E-state index >= 15 is 0 Å². The van der Waals surface area contributed by atoms with Gasteiger partial charge in [-0.15, -0.1) is 0 Å². The highest BCUT2D eigenvalue weighted by atomic mass is 19.1. The van der Waals surface area contributed by atoms with Gasteiger partial charge in [0.1, 0.15) is 11.4 Å². The van der Waals surface area contributed by atoms with Crippen LogP contribution in [-0.2, 0) is 16.8 Å². The molecule has 27 heavy (non-hydrogen) atoms. The van der Waals surface area contributed by atoms with Gasteiger partial charge in [0.05, 0.1) is 26.2 Å². The zero-order valence-electron chi connectivity index (χ0n) is 14.7. The molecule has 1 aromatic carbocycles. The number of fused-ring (bicyclic) bond motifs is 2. The zero-order valence-corrected chi connectivity index (χ0v) is 14.7. The molecule has 1 spiro atoms. The van der Waals surface area contributed by atoms with Gasteiger partial charge in [0.15, 0.2) is 29.4 Å². The maximum atomic E-state index is 14.9. The number of anilines is 1.